The number of aromatic nitrogens is 2. The maximum absolute atomic E-state index is 4.83. The molecule has 0 N–H and O–H groups in total. The van der Waals surface area contributed by atoms with Crippen LogP contribution in [0.3, 0.4) is 0 Å². The molecule has 1 aromatic heterocycles. The molecule has 24 heavy (non-hydrogen) atoms. The first kappa shape index (κ1) is 16.5. The Bertz CT molecular complexity index is 830. The molecule has 0 unspecified atom stereocenters. The summed E-state index contributed by atoms with van der Waals surface area (Å²) in [5, 5.41) is 4.83. The zero-order valence-corrected chi connectivity index (χ0v) is 15.3. The molecule has 0 fully saturated rings. The number of rotatable bonds is 3. The average Bonchev–Trinajstić information content (AvgIpc) is 2.94. The Morgan fingerprint density at radius 3 is 2.08 bits per heavy atom. The van der Waals surface area contributed by atoms with Gasteiger partial charge in [-0.1, -0.05) is 63.2 Å². The monoisotopic (exact) mass is 318 g/mol. The molecule has 0 spiro atoms. The minimum absolute atomic E-state index is 0.218. The van der Waals surface area contributed by atoms with E-state index < -0.39 is 0 Å². The van der Waals surface area contributed by atoms with Crippen LogP contribution in [0, 0.1) is 19.3 Å². The molecule has 0 bridgehead atoms. The first-order valence-corrected chi connectivity index (χ1v) is 8.54. The lowest BCUT2D eigenvalue weighted by Gasteiger charge is -2.17. The summed E-state index contributed by atoms with van der Waals surface area (Å²) in [5.41, 5.74) is 7.64. The second kappa shape index (κ2) is 6.27. The van der Waals surface area contributed by atoms with Gasteiger partial charge in [-0.25, -0.2) is 0 Å². The molecule has 0 atom stereocenters. The molecule has 2 heteroatoms. The van der Waals surface area contributed by atoms with Gasteiger partial charge in [-0.05, 0) is 47.6 Å². The van der Waals surface area contributed by atoms with Crippen molar-refractivity contribution in [2.45, 2.75) is 41.2 Å². The SMILES string of the molecule is Cc1cccc(C)c1-c1ccccc1-c1ccn(CC(C)(C)C)n1. The summed E-state index contributed by atoms with van der Waals surface area (Å²) < 4.78 is 2.05. The molecule has 2 nitrogen and oxygen atoms in total. The maximum atomic E-state index is 4.83. The van der Waals surface area contributed by atoms with Gasteiger partial charge in [0.05, 0.1) is 5.69 Å². The molecule has 0 saturated heterocycles. The predicted molar refractivity (Wildman–Crippen MR) is 102 cm³/mol. The summed E-state index contributed by atoms with van der Waals surface area (Å²) in [5.74, 6) is 0. The Balaban J connectivity index is 2.08. The van der Waals surface area contributed by atoms with Crippen LogP contribution in [0.5, 0.6) is 0 Å². The molecule has 0 aliphatic rings. The topological polar surface area (TPSA) is 17.8 Å². The lowest BCUT2D eigenvalue weighted by molar-refractivity contribution is 0.326. The van der Waals surface area contributed by atoms with Gasteiger partial charge in [-0.3, -0.25) is 4.68 Å². The van der Waals surface area contributed by atoms with Crippen molar-refractivity contribution in [1.29, 1.82) is 0 Å². The Kier molecular flexibility index (Phi) is 4.31. The summed E-state index contributed by atoms with van der Waals surface area (Å²) in [6.07, 6.45) is 2.09. The van der Waals surface area contributed by atoms with Gasteiger partial charge in [0.25, 0.3) is 0 Å². The first-order chi connectivity index (χ1) is 11.3. The summed E-state index contributed by atoms with van der Waals surface area (Å²) in [6.45, 7) is 12.0. The molecule has 0 aliphatic carbocycles. The molecule has 2 aromatic carbocycles. The van der Waals surface area contributed by atoms with Crippen molar-refractivity contribution < 1.29 is 0 Å². The number of hydrogen-bond acceptors (Lipinski definition) is 1. The van der Waals surface area contributed by atoms with Crippen LogP contribution in [-0.2, 0) is 6.54 Å². The minimum Gasteiger partial charge on any atom is -0.272 e. The lowest BCUT2D eigenvalue weighted by Crippen LogP contribution is -2.15. The number of hydrogen-bond donors (Lipinski definition) is 0. The van der Waals surface area contributed by atoms with Crippen molar-refractivity contribution in [2.24, 2.45) is 5.41 Å². The van der Waals surface area contributed by atoms with Gasteiger partial charge in [-0.2, -0.15) is 5.10 Å². The number of nitrogens with zero attached hydrogens (tertiary/aromatic N) is 2. The minimum atomic E-state index is 0.218. The van der Waals surface area contributed by atoms with E-state index in [-0.39, 0.29) is 5.41 Å². The van der Waals surface area contributed by atoms with E-state index >= 15 is 0 Å². The predicted octanol–water partition coefficient (Wildman–Crippen LogP) is 5.88. The largest absolute Gasteiger partial charge is 0.272 e. The van der Waals surface area contributed by atoms with Crippen LogP contribution in [-0.4, -0.2) is 9.78 Å². The van der Waals surface area contributed by atoms with E-state index in [0.29, 0.717) is 0 Å². The van der Waals surface area contributed by atoms with E-state index in [1.54, 1.807) is 0 Å². The Labute approximate surface area is 145 Å². The van der Waals surface area contributed by atoms with Crippen LogP contribution in [0.2, 0.25) is 0 Å². The molecule has 124 valence electrons. The highest BCUT2D eigenvalue weighted by Gasteiger charge is 2.15. The average molecular weight is 318 g/mol. The molecule has 1 heterocycles. The maximum Gasteiger partial charge on any atom is 0.0929 e. The smallest absolute Gasteiger partial charge is 0.0929 e. The Morgan fingerprint density at radius 1 is 0.833 bits per heavy atom. The molecule has 0 amide bonds. The van der Waals surface area contributed by atoms with Crippen molar-refractivity contribution >= 4 is 0 Å². The fourth-order valence-electron chi connectivity index (χ4n) is 3.24. The zero-order valence-electron chi connectivity index (χ0n) is 15.3. The van der Waals surface area contributed by atoms with E-state index in [1.165, 1.54) is 27.8 Å². The Hall–Kier alpha value is -2.35. The summed E-state index contributed by atoms with van der Waals surface area (Å²) >= 11 is 0. The molecule has 0 radical (unpaired) electrons. The van der Waals surface area contributed by atoms with E-state index in [9.17, 15) is 0 Å². The first-order valence-electron chi connectivity index (χ1n) is 8.54. The van der Waals surface area contributed by atoms with Gasteiger partial charge in [0.15, 0.2) is 0 Å². The molecule has 3 aromatic rings. The summed E-state index contributed by atoms with van der Waals surface area (Å²) in [6, 6.07) is 17.2. The van der Waals surface area contributed by atoms with Gasteiger partial charge in [0.1, 0.15) is 0 Å². The molecular weight excluding hydrogens is 292 g/mol. The molecular formula is C22H26N2. The van der Waals surface area contributed by atoms with E-state index in [1.807, 2.05) is 0 Å². The van der Waals surface area contributed by atoms with Gasteiger partial charge >= 0.3 is 0 Å². The van der Waals surface area contributed by atoms with Crippen LogP contribution in [0.25, 0.3) is 22.4 Å². The third kappa shape index (κ3) is 3.43. The third-order valence-electron chi connectivity index (χ3n) is 4.23. The van der Waals surface area contributed by atoms with Gasteiger partial charge in [0, 0.05) is 18.3 Å². The van der Waals surface area contributed by atoms with Crippen molar-refractivity contribution in [1.82, 2.24) is 9.78 Å². The van der Waals surface area contributed by atoms with Gasteiger partial charge in [-0.15, -0.1) is 0 Å². The molecule has 0 aliphatic heterocycles. The second-order valence-corrected chi connectivity index (χ2v) is 7.77. The van der Waals surface area contributed by atoms with Crippen LogP contribution < -0.4 is 0 Å². The summed E-state index contributed by atoms with van der Waals surface area (Å²) in [4.78, 5) is 0. The number of benzene rings is 2. The third-order valence-corrected chi connectivity index (χ3v) is 4.23. The fraction of sp³-hybridized carbons (Fsp3) is 0.318. The van der Waals surface area contributed by atoms with Crippen LogP contribution in [0.1, 0.15) is 31.9 Å². The molecule has 3 rings (SSSR count). The highest BCUT2D eigenvalue weighted by atomic mass is 15.3. The van der Waals surface area contributed by atoms with Crippen molar-refractivity contribution in [3.63, 3.8) is 0 Å². The fourth-order valence-corrected chi connectivity index (χ4v) is 3.24. The highest BCUT2D eigenvalue weighted by Crippen LogP contribution is 2.35. The quantitative estimate of drug-likeness (QED) is 0.589. The summed E-state index contributed by atoms with van der Waals surface area (Å²) in [7, 11) is 0. The van der Waals surface area contributed by atoms with Crippen LogP contribution in [0.15, 0.2) is 54.7 Å². The zero-order chi connectivity index (χ0) is 17.3. The normalized spacial score (nSPS) is 11.7. The van der Waals surface area contributed by atoms with Crippen molar-refractivity contribution in [3.8, 4) is 22.4 Å². The lowest BCUT2D eigenvalue weighted by atomic mass is 9.91. The van der Waals surface area contributed by atoms with E-state index in [2.05, 4.69) is 94.0 Å². The van der Waals surface area contributed by atoms with Crippen molar-refractivity contribution in [2.75, 3.05) is 0 Å². The van der Waals surface area contributed by atoms with Crippen LogP contribution in [0.4, 0.5) is 0 Å². The van der Waals surface area contributed by atoms with E-state index in [0.717, 1.165) is 12.2 Å². The van der Waals surface area contributed by atoms with Crippen molar-refractivity contribution in [3.05, 3.63) is 65.9 Å². The highest BCUT2D eigenvalue weighted by molar-refractivity contribution is 5.84. The van der Waals surface area contributed by atoms with E-state index in [4.69, 9.17) is 5.10 Å². The number of aryl methyl sites for hydroxylation is 2. The second-order valence-electron chi connectivity index (χ2n) is 7.77. The standard InChI is InChI=1S/C22H26N2/c1-16-9-8-10-17(2)21(16)19-12-7-6-11-18(19)20-13-14-24(23-20)15-22(3,4)5/h6-14H,15H2,1-5H3. The van der Waals surface area contributed by atoms with Crippen LogP contribution >= 0.6 is 0 Å². The molecule has 0 saturated carbocycles. The van der Waals surface area contributed by atoms with Gasteiger partial charge < -0.3 is 0 Å². The Morgan fingerprint density at radius 2 is 1.46 bits per heavy atom. The van der Waals surface area contributed by atoms with Gasteiger partial charge in [0.2, 0.25) is 0 Å².